The fraction of sp³-hybridized carbons (Fsp3) is 0.531. The van der Waals surface area contributed by atoms with Crippen molar-refractivity contribution in [3.63, 3.8) is 0 Å². The standard InChI is InChI=1S/C49H66N8O7/c1-9-56-41-15-14-32-24-37(41)38(44(56)36-12-10-16-52-42(36)30(4)63-8)25-49(5,6)28-64-48(62)39-13-11-19-57(54-39)47(61)40(22-31-20-33(32)23-35(58)21-31)53-45(59)43(29(2)3)55(7)46(60)34-26-50-17-18-51-27-34/h10,12,14-16,20-21,23-24,29-30,34,39-40,43,50-51,54,58H,9,11,13,17-19,22,25-28H2,1-8H3,(H,53,59)/t30-,39-,40-,43-/m0/s1. The van der Waals surface area contributed by atoms with E-state index in [2.05, 4.69) is 64.9 Å². The second kappa shape index (κ2) is 19.8. The van der Waals surface area contributed by atoms with Gasteiger partial charge in [-0.2, -0.15) is 0 Å². The molecule has 2 saturated heterocycles. The number of aryl methyl sites for hydroxylation is 1. The number of aromatic nitrogens is 2. The number of amides is 3. The van der Waals surface area contributed by atoms with Gasteiger partial charge in [0.2, 0.25) is 11.8 Å². The molecule has 5 heterocycles. The van der Waals surface area contributed by atoms with Gasteiger partial charge in [0.1, 0.15) is 23.9 Å². The van der Waals surface area contributed by atoms with Gasteiger partial charge in [-0.3, -0.25) is 29.2 Å². The van der Waals surface area contributed by atoms with Crippen LogP contribution in [0.4, 0.5) is 0 Å². The van der Waals surface area contributed by atoms with Gasteiger partial charge >= 0.3 is 5.97 Å². The van der Waals surface area contributed by atoms with Gasteiger partial charge < -0.3 is 40.0 Å². The minimum atomic E-state index is -1.12. The summed E-state index contributed by atoms with van der Waals surface area (Å²) in [4.78, 5) is 63.2. The molecule has 4 atom stereocenters. The molecule has 4 aromatic rings. The summed E-state index contributed by atoms with van der Waals surface area (Å²) in [6.45, 7) is 15.6. The van der Waals surface area contributed by atoms with Crippen molar-refractivity contribution < 1.29 is 33.8 Å². The number of carbonyl (C=O) groups is 4. The molecule has 3 amide bonds. The maximum Gasteiger partial charge on any atom is 0.324 e. The zero-order chi connectivity index (χ0) is 45.9. The lowest BCUT2D eigenvalue weighted by molar-refractivity contribution is -0.155. The highest BCUT2D eigenvalue weighted by atomic mass is 16.5. The third-order valence-electron chi connectivity index (χ3n) is 13.0. The number of pyridine rings is 1. The zero-order valence-corrected chi connectivity index (χ0v) is 38.6. The highest BCUT2D eigenvalue weighted by Gasteiger charge is 2.39. The first-order valence-corrected chi connectivity index (χ1v) is 22.8. The van der Waals surface area contributed by atoms with Gasteiger partial charge in [0.15, 0.2) is 0 Å². The van der Waals surface area contributed by atoms with Crippen molar-refractivity contribution in [3.05, 3.63) is 71.5 Å². The molecule has 15 heteroatoms. The third-order valence-corrected chi connectivity index (χ3v) is 13.0. The summed E-state index contributed by atoms with van der Waals surface area (Å²) in [5.74, 6) is -2.18. The van der Waals surface area contributed by atoms with Crippen molar-refractivity contribution in [1.82, 2.24) is 40.8 Å². The number of nitrogens with zero attached hydrogens (tertiary/aromatic N) is 4. The van der Waals surface area contributed by atoms with E-state index >= 15 is 0 Å². The Morgan fingerprint density at radius 1 is 1.06 bits per heavy atom. The lowest BCUT2D eigenvalue weighted by atomic mass is 9.84. The van der Waals surface area contributed by atoms with Crippen LogP contribution in [0, 0.1) is 17.3 Å². The number of rotatable bonds is 9. The molecule has 344 valence electrons. The Bertz CT molecular complexity index is 2350. The summed E-state index contributed by atoms with van der Waals surface area (Å²) in [6, 6.07) is 12.8. The van der Waals surface area contributed by atoms with Gasteiger partial charge in [-0.05, 0) is 97.7 Å². The number of likely N-dealkylation sites (N-methyl/N-ethyl adjacent to an activating group) is 1. The smallest absolute Gasteiger partial charge is 0.324 e. The molecular formula is C49H66N8O7. The van der Waals surface area contributed by atoms with E-state index in [1.54, 1.807) is 32.5 Å². The van der Waals surface area contributed by atoms with E-state index in [1.807, 2.05) is 39.0 Å². The van der Waals surface area contributed by atoms with Crippen LogP contribution in [0.5, 0.6) is 5.75 Å². The largest absolute Gasteiger partial charge is 0.508 e. The van der Waals surface area contributed by atoms with Crippen LogP contribution in [0.25, 0.3) is 33.3 Å². The number of carbonyl (C=O) groups excluding carboxylic acids is 4. The first kappa shape index (κ1) is 46.6. The molecule has 6 bridgehead atoms. The number of esters is 1. The SMILES string of the molecule is CCn1c(-c2cccnc2[C@H](C)OC)c2c3cc(ccc31)-c1cc(O)cc(c1)C[C@H](NC(=O)[C@H](C(C)C)N(C)C(=O)C1CNCCNC1)C(=O)N1CCC[C@H](N1)C(=O)OCC(C)(C)C2. The minimum absolute atomic E-state index is 0.0103. The van der Waals surface area contributed by atoms with Crippen LogP contribution in [0.3, 0.4) is 0 Å². The van der Waals surface area contributed by atoms with E-state index in [9.17, 15) is 24.3 Å². The summed E-state index contributed by atoms with van der Waals surface area (Å²) in [5.41, 5.74) is 9.70. The third kappa shape index (κ3) is 9.97. The molecular weight excluding hydrogens is 813 g/mol. The average Bonchev–Trinajstić information content (AvgIpc) is 3.39. The Labute approximate surface area is 376 Å². The highest BCUT2D eigenvalue weighted by Crippen LogP contribution is 2.42. The Hall–Kier alpha value is -5.35. The van der Waals surface area contributed by atoms with Crippen molar-refractivity contribution in [2.45, 2.75) is 98.0 Å². The molecule has 7 rings (SSSR count). The van der Waals surface area contributed by atoms with Crippen molar-refractivity contribution >= 4 is 34.6 Å². The molecule has 0 radical (unpaired) electrons. The Morgan fingerprint density at radius 3 is 2.52 bits per heavy atom. The van der Waals surface area contributed by atoms with Crippen LogP contribution in [-0.4, -0.2) is 120 Å². The van der Waals surface area contributed by atoms with Gasteiger partial charge in [-0.1, -0.05) is 39.8 Å². The number of methoxy groups -OCH3 is 1. The van der Waals surface area contributed by atoms with Crippen LogP contribution in [0.2, 0.25) is 0 Å². The first-order chi connectivity index (χ1) is 30.6. The van der Waals surface area contributed by atoms with Gasteiger partial charge in [0.25, 0.3) is 5.91 Å². The fourth-order valence-corrected chi connectivity index (χ4v) is 9.65. The summed E-state index contributed by atoms with van der Waals surface area (Å²) >= 11 is 0. The molecule has 15 nitrogen and oxygen atoms in total. The van der Waals surface area contributed by atoms with Gasteiger partial charge in [0.05, 0.1) is 30.0 Å². The van der Waals surface area contributed by atoms with E-state index in [0.29, 0.717) is 51.0 Å². The zero-order valence-electron chi connectivity index (χ0n) is 38.6. The molecule has 2 fully saturated rings. The fourth-order valence-electron chi connectivity index (χ4n) is 9.65. The monoisotopic (exact) mass is 879 g/mol. The van der Waals surface area contributed by atoms with Crippen LogP contribution < -0.4 is 21.4 Å². The second-order valence-corrected chi connectivity index (χ2v) is 18.8. The van der Waals surface area contributed by atoms with E-state index < -0.39 is 41.3 Å². The van der Waals surface area contributed by atoms with E-state index in [-0.39, 0.29) is 42.6 Å². The molecule has 0 aliphatic carbocycles. The molecule has 2 aromatic carbocycles. The molecule has 0 unspecified atom stereocenters. The van der Waals surface area contributed by atoms with Gasteiger partial charge in [-0.25, -0.2) is 5.43 Å². The van der Waals surface area contributed by atoms with Gasteiger partial charge in [-0.15, -0.1) is 0 Å². The number of ether oxygens (including phenoxy) is 2. The van der Waals surface area contributed by atoms with Crippen molar-refractivity contribution in [2.75, 3.05) is 53.5 Å². The minimum Gasteiger partial charge on any atom is -0.508 e. The number of phenolic OH excluding ortho intramolecular Hbond substituents is 1. The molecule has 3 aliphatic rings. The lowest BCUT2D eigenvalue weighted by Crippen LogP contribution is -2.62. The van der Waals surface area contributed by atoms with E-state index in [4.69, 9.17) is 14.5 Å². The van der Waals surface area contributed by atoms with Crippen molar-refractivity contribution in [2.24, 2.45) is 17.3 Å². The second-order valence-electron chi connectivity index (χ2n) is 18.8. The number of hydrazine groups is 1. The van der Waals surface area contributed by atoms with E-state index in [0.717, 1.165) is 57.6 Å². The van der Waals surface area contributed by atoms with Gasteiger partial charge in [0, 0.05) is 87.9 Å². The Morgan fingerprint density at radius 2 is 1.81 bits per heavy atom. The predicted molar refractivity (Wildman–Crippen MR) is 246 cm³/mol. The normalized spacial score (nSPS) is 20.9. The number of fused-ring (bicyclic) bond motifs is 6. The van der Waals surface area contributed by atoms with Crippen LogP contribution in [0.1, 0.15) is 77.3 Å². The number of phenols is 1. The molecule has 0 saturated carbocycles. The maximum atomic E-state index is 14.7. The number of nitrogens with one attached hydrogen (secondary N) is 4. The summed E-state index contributed by atoms with van der Waals surface area (Å²) in [6.07, 6.45) is 3.08. The molecule has 3 aliphatic heterocycles. The summed E-state index contributed by atoms with van der Waals surface area (Å²) < 4.78 is 14.2. The highest BCUT2D eigenvalue weighted by molar-refractivity contribution is 5.96. The van der Waals surface area contributed by atoms with Crippen LogP contribution in [0.15, 0.2) is 54.7 Å². The number of cyclic esters (lactones) is 1. The summed E-state index contributed by atoms with van der Waals surface area (Å²) in [5, 5.41) is 23.4. The molecule has 64 heavy (non-hydrogen) atoms. The van der Waals surface area contributed by atoms with Crippen LogP contribution >= 0.6 is 0 Å². The van der Waals surface area contributed by atoms with Crippen LogP contribution in [-0.2, 0) is 48.0 Å². The first-order valence-electron chi connectivity index (χ1n) is 22.8. The quantitative estimate of drug-likeness (QED) is 0.147. The maximum absolute atomic E-state index is 14.7. The number of hydrogen-bond donors (Lipinski definition) is 5. The molecule has 2 aromatic heterocycles. The number of hydrogen-bond acceptors (Lipinski definition) is 11. The van der Waals surface area contributed by atoms with Crippen molar-refractivity contribution in [1.29, 1.82) is 0 Å². The van der Waals surface area contributed by atoms with E-state index in [1.165, 1.54) is 9.91 Å². The number of benzene rings is 2. The average molecular weight is 879 g/mol. The Kier molecular flexibility index (Phi) is 14.4. The van der Waals surface area contributed by atoms with Crippen molar-refractivity contribution in [3.8, 4) is 28.1 Å². The Balaban J connectivity index is 1.33. The topological polar surface area (TPSA) is 179 Å². The lowest BCUT2D eigenvalue weighted by Gasteiger charge is -2.37. The number of aromatic hydroxyl groups is 1. The molecule has 0 spiro atoms. The predicted octanol–water partition coefficient (Wildman–Crippen LogP) is 4.74. The summed E-state index contributed by atoms with van der Waals surface area (Å²) in [7, 11) is 3.32. The molecule has 5 N–H and O–H groups in total.